The molecule has 27 heavy (non-hydrogen) atoms. The van der Waals surface area contributed by atoms with E-state index in [1.807, 2.05) is 24.1 Å². The zero-order chi connectivity index (χ0) is 18.6. The molecular formula is C20H38IN5O. The van der Waals surface area contributed by atoms with Crippen LogP contribution in [0, 0.1) is 0 Å². The number of hydrogen-bond acceptors (Lipinski definition) is 3. The minimum absolute atomic E-state index is 0. The Balaban J connectivity index is 0.00000364. The van der Waals surface area contributed by atoms with Crippen LogP contribution in [0.4, 0.5) is 0 Å². The van der Waals surface area contributed by atoms with E-state index in [4.69, 9.17) is 9.73 Å². The van der Waals surface area contributed by atoms with E-state index in [1.165, 1.54) is 44.1 Å². The van der Waals surface area contributed by atoms with Crippen molar-refractivity contribution in [3.63, 3.8) is 0 Å². The lowest BCUT2D eigenvalue weighted by Gasteiger charge is -2.22. The Hall–Kier alpha value is -0.830. The highest BCUT2D eigenvalue weighted by Gasteiger charge is 2.13. The lowest BCUT2D eigenvalue weighted by Crippen LogP contribution is -2.38. The molecule has 0 unspecified atom stereocenters. The average Bonchev–Trinajstić information content (AvgIpc) is 3.05. The summed E-state index contributed by atoms with van der Waals surface area (Å²) in [7, 11) is 4.02. The quantitative estimate of drug-likeness (QED) is 0.233. The van der Waals surface area contributed by atoms with Crippen molar-refractivity contribution < 1.29 is 4.74 Å². The lowest BCUT2D eigenvalue weighted by molar-refractivity contribution is 0.0264. The van der Waals surface area contributed by atoms with Gasteiger partial charge in [-0.1, -0.05) is 19.3 Å². The fourth-order valence-corrected chi connectivity index (χ4v) is 3.43. The predicted molar refractivity (Wildman–Crippen MR) is 123 cm³/mol. The molecule has 1 fully saturated rings. The van der Waals surface area contributed by atoms with Gasteiger partial charge in [0.15, 0.2) is 5.96 Å². The third kappa shape index (κ3) is 9.78. The number of nitrogens with one attached hydrogen (secondary N) is 1. The standard InChI is InChI=1S/C20H37N5O.HI/c1-4-21-20(24(2)16-18-15-23-25(3)17-18)22-13-9-6-10-14-26-19-11-7-5-8-12-19;/h15,17,19H,4-14,16H2,1-3H3,(H,21,22);1H. The monoisotopic (exact) mass is 491 g/mol. The van der Waals surface area contributed by atoms with Gasteiger partial charge in [0.25, 0.3) is 0 Å². The number of hydrogen-bond donors (Lipinski definition) is 1. The first-order valence-corrected chi connectivity index (χ1v) is 10.3. The maximum absolute atomic E-state index is 5.99. The molecule has 1 heterocycles. The largest absolute Gasteiger partial charge is 0.378 e. The van der Waals surface area contributed by atoms with Crippen molar-refractivity contribution in [2.45, 2.75) is 70.9 Å². The molecule has 0 atom stereocenters. The maximum atomic E-state index is 5.99. The van der Waals surface area contributed by atoms with Crippen LogP contribution in [-0.4, -0.2) is 53.5 Å². The fourth-order valence-electron chi connectivity index (χ4n) is 3.43. The van der Waals surface area contributed by atoms with E-state index in [0.29, 0.717) is 6.10 Å². The van der Waals surface area contributed by atoms with Crippen LogP contribution >= 0.6 is 24.0 Å². The first-order valence-electron chi connectivity index (χ1n) is 10.3. The van der Waals surface area contributed by atoms with Gasteiger partial charge < -0.3 is 15.0 Å². The van der Waals surface area contributed by atoms with E-state index in [0.717, 1.165) is 45.0 Å². The molecule has 7 heteroatoms. The first-order chi connectivity index (χ1) is 12.7. The molecule has 1 saturated carbocycles. The number of halogens is 1. The lowest BCUT2D eigenvalue weighted by atomic mass is 9.98. The third-order valence-corrected chi connectivity index (χ3v) is 4.84. The fraction of sp³-hybridized carbons (Fsp3) is 0.800. The maximum Gasteiger partial charge on any atom is 0.193 e. The van der Waals surface area contributed by atoms with Crippen molar-refractivity contribution in [3.05, 3.63) is 18.0 Å². The van der Waals surface area contributed by atoms with Gasteiger partial charge in [-0.3, -0.25) is 9.67 Å². The Kier molecular flexibility index (Phi) is 12.7. The number of aliphatic imine (C=N–C) groups is 1. The van der Waals surface area contributed by atoms with E-state index in [2.05, 4.69) is 29.3 Å². The molecule has 2 rings (SSSR count). The third-order valence-electron chi connectivity index (χ3n) is 4.84. The molecule has 0 radical (unpaired) electrons. The predicted octanol–water partition coefficient (Wildman–Crippen LogP) is 3.96. The highest BCUT2D eigenvalue weighted by molar-refractivity contribution is 14.0. The molecule has 0 aliphatic heterocycles. The second-order valence-corrected chi connectivity index (χ2v) is 7.31. The summed E-state index contributed by atoms with van der Waals surface area (Å²) in [6, 6.07) is 0. The average molecular weight is 491 g/mol. The smallest absolute Gasteiger partial charge is 0.193 e. The van der Waals surface area contributed by atoms with E-state index in [-0.39, 0.29) is 24.0 Å². The van der Waals surface area contributed by atoms with Crippen molar-refractivity contribution in [3.8, 4) is 0 Å². The second kappa shape index (κ2) is 14.2. The van der Waals surface area contributed by atoms with Gasteiger partial charge >= 0.3 is 0 Å². The molecule has 1 aliphatic rings. The van der Waals surface area contributed by atoms with Crippen LogP contribution in [0.2, 0.25) is 0 Å². The summed E-state index contributed by atoms with van der Waals surface area (Å²) >= 11 is 0. The summed E-state index contributed by atoms with van der Waals surface area (Å²) in [5.74, 6) is 0.967. The molecule has 6 nitrogen and oxygen atoms in total. The number of nitrogens with zero attached hydrogens (tertiary/aromatic N) is 4. The normalized spacial score (nSPS) is 15.4. The van der Waals surface area contributed by atoms with Crippen molar-refractivity contribution in [1.82, 2.24) is 20.0 Å². The van der Waals surface area contributed by atoms with E-state index >= 15 is 0 Å². The molecule has 0 spiro atoms. The Morgan fingerprint density at radius 2 is 2.07 bits per heavy atom. The SMILES string of the molecule is CCNC(=NCCCCCOC1CCCCC1)N(C)Cc1cnn(C)c1.I. The molecule has 0 bridgehead atoms. The summed E-state index contributed by atoms with van der Waals surface area (Å²) in [6.07, 6.45) is 14.5. The Bertz CT molecular complexity index is 528. The summed E-state index contributed by atoms with van der Waals surface area (Å²) in [5.41, 5.74) is 1.19. The number of ether oxygens (including phenoxy) is 1. The van der Waals surface area contributed by atoms with Gasteiger partial charge in [0.1, 0.15) is 0 Å². The summed E-state index contributed by atoms with van der Waals surface area (Å²) < 4.78 is 7.83. The molecule has 1 aromatic heterocycles. The van der Waals surface area contributed by atoms with Crippen molar-refractivity contribution >= 4 is 29.9 Å². The molecule has 156 valence electrons. The number of aryl methyl sites for hydroxylation is 1. The van der Waals surface area contributed by atoms with Crippen LogP contribution in [0.1, 0.15) is 63.9 Å². The Morgan fingerprint density at radius 1 is 1.30 bits per heavy atom. The van der Waals surface area contributed by atoms with Gasteiger partial charge in [-0.25, -0.2) is 0 Å². The zero-order valence-corrected chi connectivity index (χ0v) is 19.7. The minimum Gasteiger partial charge on any atom is -0.378 e. The van der Waals surface area contributed by atoms with Gasteiger partial charge in [0.2, 0.25) is 0 Å². The number of aromatic nitrogens is 2. The summed E-state index contributed by atoms with van der Waals surface area (Å²) in [5, 5.41) is 7.61. The second-order valence-electron chi connectivity index (χ2n) is 7.31. The van der Waals surface area contributed by atoms with E-state index in [1.54, 1.807) is 0 Å². The van der Waals surface area contributed by atoms with Crippen molar-refractivity contribution in [2.75, 3.05) is 26.7 Å². The topological polar surface area (TPSA) is 54.7 Å². The molecule has 0 saturated heterocycles. The van der Waals surface area contributed by atoms with E-state index < -0.39 is 0 Å². The van der Waals surface area contributed by atoms with Gasteiger partial charge in [0, 0.05) is 52.1 Å². The highest BCUT2D eigenvalue weighted by Crippen LogP contribution is 2.20. The highest BCUT2D eigenvalue weighted by atomic mass is 127. The van der Waals surface area contributed by atoms with Crippen molar-refractivity contribution in [2.24, 2.45) is 12.0 Å². The molecule has 1 aromatic rings. The van der Waals surface area contributed by atoms with Gasteiger partial charge in [-0.15, -0.1) is 24.0 Å². The van der Waals surface area contributed by atoms with Gasteiger partial charge in [0.05, 0.1) is 12.3 Å². The van der Waals surface area contributed by atoms with Crippen LogP contribution in [-0.2, 0) is 18.3 Å². The van der Waals surface area contributed by atoms with Gasteiger partial charge in [-0.2, -0.15) is 5.10 Å². The number of unbranched alkanes of at least 4 members (excludes halogenated alkanes) is 2. The molecule has 1 aliphatic carbocycles. The molecule has 1 N–H and O–H groups in total. The molecule has 0 amide bonds. The number of rotatable bonds is 10. The molecular weight excluding hydrogens is 453 g/mol. The minimum atomic E-state index is 0. The van der Waals surface area contributed by atoms with Crippen LogP contribution in [0.5, 0.6) is 0 Å². The van der Waals surface area contributed by atoms with Crippen LogP contribution < -0.4 is 5.32 Å². The Labute approximate surface area is 182 Å². The summed E-state index contributed by atoms with van der Waals surface area (Å²) in [4.78, 5) is 6.93. The van der Waals surface area contributed by atoms with Crippen LogP contribution in [0.25, 0.3) is 0 Å². The van der Waals surface area contributed by atoms with Gasteiger partial charge in [-0.05, 0) is 39.0 Å². The molecule has 0 aromatic carbocycles. The van der Waals surface area contributed by atoms with Crippen LogP contribution in [0.15, 0.2) is 17.4 Å². The number of guanidine groups is 1. The zero-order valence-electron chi connectivity index (χ0n) is 17.3. The Morgan fingerprint density at radius 3 is 2.74 bits per heavy atom. The van der Waals surface area contributed by atoms with Crippen molar-refractivity contribution in [1.29, 1.82) is 0 Å². The first kappa shape index (κ1) is 24.2. The van der Waals surface area contributed by atoms with E-state index in [9.17, 15) is 0 Å². The summed E-state index contributed by atoms with van der Waals surface area (Å²) in [6.45, 7) is 5.58. The van der Waals surface area contributed by atoms with Crippen LogP contribution in [0.3, 0.4) is 0 Å².